The Morgan fingerprint density at radius 2 is 1.13 bits per heavy atom. The van der Waals surface area contributed by atoms with Gasteiger partial charge in [0.2, 0.25) is 0 Å². The first kappa shape index (κ1) is 48.0. The van der Waals surface area contributed by atoms with Crippen LogP contribution in [0.3, 0.4) is 0 Å². The summed E-state index contributed by atoms with van der Waals surface area (Å²) in [6.45, 7) is -0.653. The lowest BCUT2D eigenvalue weighted by Crippen LogP contribution is -2.36. The quantitative estimate of drug-likeness (QED) is 0.0727. The molecule has 2 fully saturated rings. The molecular formula is C36H47ClN12O11S2. The largest absolute Gasteiger partial charge is 0.400 e. The summed E-state index contributed by atoms with van der Waals surface area (Å²) in [4.78, 5) is 17.1. The molecule has 2 aliphatic rings. The molecule has 0 unspecified atom stereocenters. The molecule has 0 saturated heterocycles. The number of nitrogens with one attached hydrogen (secondary N) is 2. The predicted molar refractivity (Wildman–Crippen MR) is 226 cm³/mol. The second-order valence-corrected chi connectivity index (χ2v) is 16.7. The molecule has 0 aliphatic heterocycles. The number of aliphatic hydroxyl groups is 5. The molecule has 11 N–H and O–H groups in total. The summed E-state index contributed by atoms with van der Waals surface area (Å²) < 4.78 is 56.2. The Bertz CT molecular complexity index is 2630. The Balaban J connectivity index is 0.000000222. The van der Waals surface area contributed by atoms with E-state index >= 15 is 0 Å². The fraction of sp³-hybridized carbons (Fsp3) is 0.389. The Hall–Kier alpha value is -5.03. The highest BCUT2D eigenvalue weighted by molar-refractivity contribution is 7.84. The van der Waals surface area contributed by atoms with E-state index in [9.17, 15) is 37.3 Å². The van der Waals surface area contributed by atoms with E-state index in [-0.39, 0.29) is 38.6 Å². The lowest BCUT2D eigenvalue weighted by atomic mass is 10.1. The van der Waals surface area contributed by atoms with Crippen molar-refractivity contribution >= 4 is 55.1 Å². The highest BCUT2D eigenvalue weighted by Crippen LogP contribution is 2.32. The fourth-order valence-electron chi connectivity index (χ4n) is 6.94. The molecular weight excluding hydrogens is 876 g/mol. The lowest BCUT2D eigenvalue weighted by Gasteiger charge is -2.19. The minimum Gasteiger partial charge on any atom is -0.400 e. The van der Waals surface area contributed by atoms with E-state index in [0.717, 1.165) is 7.11 Å². The van der Waals surface area contributed by atoms with Crippen molar-refractivity contribution in [2.45, 2.75) is 56.8 Å². The van der Waals surface area contributed by atoms with E-state index in [2.05, 4.69) is 49.1 Å². The summed E-state index contributed by atoms with van der Waals surface area (Å²) in [6.07, 6.45) is 0.771. The van der Waals surface area contributed by atoms with Crippen LogP contribution in [-0.2, 0) is 29.0 Å². The minimum absolute atomic E-state index is 0. The number of hydrogen-bond acceptors (Lipinski definition) is 19. The van der Waals surface area contributed by atoms with Gasteiger partial charge in [-0.3, -0.25) is 18.3 Å². The van der Waals surface area contributed by atoms with Gasteiger partial charge in [0, 0.05) is 55.7 Å². The van der Waals surface area contributed by atoms with Gasteiger partial charge in [-0.2, -0.15) is 36.1 Å². The minimum atomic E-state index is -4.15. The number of anilines is 2. The van der Waals surface area contributed by atoms with Crippen molar-refractivity contribution in [3.8, 4) is 22.8 Å². The number of fused-ring (bicyclic) bond motifs is 2. The number of pyridine rings is 2. The van der Waals surface area contributed by atoms with Crippen molar-refractivity contribution in [1.82, 2.24) is 39.2 Å². The molecule has 62 heavy (non-hydrogen) atoms. The first-order valence-corrected chi connectivity index (χ1v) is 21.6. The third-order valence-electron chi connectivity index (χ3n) is 9.77. The maximum absolute atomic E-state index is 11.0. The second-order valence-electron chi connectivity index (χ2n) is 13.8. The summed E-state index contributed by atoms with van der Waals surface area (Å²) in [6, 6.07) is 16.5. The predicted octanol–water partition coefficient (Wildman–Crippen LogP) is -0.0348. The summed E-state index contributed by atoms with van der Waals surface area (Å²) in [5, 5.41) is 73.4. The van der Waals surface area contributed by atoms with Crippen molar-refractivity contribution in [3.63, 3.8) is 0 Å². The van der Waals surface area contributed by atoms with E-state index in [1.165, 1.54) is 10.6 Å². The highest BCUT2D eigenvalue weighted by atomic mass is 35.5. The van der Waals surface area contributed by atoms with Crippen molar-refractivity contribution in [2.75, 3.05) is 31.0 Å². The summed E-state index contributed by atoms with van der Waals surface area (Å²) in [7, 11) is -7.27. The molecule has 6 heterocycles. The molecule has 26 heteroatoms. The normalized spacial score (nSPS) is 23.5. The van der Waals surface area contributed by atoms with Crippen LogP contribution in [0.1, 0.15) is 20.3 Å². The summed E-state index contributed by atoms with van der Waals surface area (Å²) >= 11 is 6.14. The molecule has 0 radical (unpaired) electrons. The zero-order valence-corrected chi connectivity index (χ0v) is 34.5. The van der Waals surface area contributed by atoms with Gasteiger partial charge in [-0.1, -0.05) is 31.2 Å². The van der Waals surface area contributed by atoms with Gasteiger partial charge >= 0.3 is 20.6 Å². The monoisotopic (exact) mass is 922 g/mol. The van der Waals surface area contributed by atoms with Crippen LogP contribution in [0.15, 0.2) is 79.3 Å². The average molecular weight is 923 g/mol. The van der Waals surface area contributed by atoms with Gasteiger partial charge in [0.1, 0.15) is 40.4 Å². The maximum Gasteiger partial charge on any atom is 0.333 e. The molecule has 0 aromatic carbocycles. The Kier molecular flexibility index (Phi) is 15.8. The molecule has 2 aliphatic carbocycles. The van der Waals surface area contributed by atoms with Crippen LogP contribution in [0.25, 0.3) is 34.1 Å². The van der Waals surface area contributed by atoms with Crippen molar-refractivity contribution < 1.29 is 50.7 Å². The first-order valence-electron chi connectivity index (χ1n) is 18.3. The topological polar surface area (TPSA) is 350 Å². The van der Waals surface area contributed by atoms with Crippen LogP contribution >= 0.6 is 11.6 Å². The third kappa shape index (κ3) is 11.7. The number of hydrogen-bond donors (Lipinski definition) is 9. The molecule has 6 aromatic rings. The van der Waals surface area contributed by atoms with Gasteiger partial charge in [0.05, 0.1) is 48.9 Å². The van der Waals surface area contributed by atoms with E-state index in [0.29, 0.717) is 45.7 Å². The van der Waals surface area contributed by atoms with Gasteiger partial charge < -0.3 is 36.2 Å². The number of aromatic nitrogens is 8. The number of halogens is 1. The zero-order chi connectivity index (χ0) is 44.1. The van der Waals surface area contributed by atoms with E-state index < -0.39 is 68.9 Å². The lowest BCUT2D eigenvalue weighted by molar-refractivity contribution is 0.00773. The molecule has 0 spiro atoms. The van der Waals surface area contributed by atoms with Crippen molar-refractivity contribution in [1.29, 1.82) is 0 Å². The molecule has 8 atom stereocenters. The second kappa shape index (κ2) is 20.4. The Morgan fingerprint density at radius 3 is 1.60 bits per heavy atom. The van der Waals surface area contributed by atoms with Gasteiger partial charge in [0.25, 0.3) is 0 Å². The van der Waals surface area contributed by atoms with Crippen molar-refractivity contribution in [2.24, 2.45) is 22.1 Å². The highest BCUT2D eigenvalue weighted by Gasteiger charge is 2.43. The zero-order valence-electron chi connectivity index (χ0n) is 32.1. The summed E-state index contributed by atoms with van der Waals surface area (Å²) in [5.74, 6) is -0.233. The average Bonchev–Trinajstić information content (AvgIpc) is 4.00. The number of aliphatic hydroxyl groups excluding tert-OH is 5. The van der Waals surface area contributed by atoms with Crippen LogP contribution < -0.4 is 20.9 Å². The van der Waals surface area contributed by atoms with E-state index in [1.807, 2.05) is 30.3 Å². The van der Waals surface area contributed by atoms with Crippen LogP contribution in [0.4, 0.5) is 11.6 Å². The van der Waals surface area contributed by atoms with E-state index in [4.69, 9.17) is 27.0 Å². The van der Waals surface area contributed by atoms with Gasteiger partial charge in [-0.15, -0.1) is 0 Å². The molecule has 336 valence electrons. The Morgan fingerprint density at radius 1 is 0.661 bits per heavy atom. The van der Waals surface area contributed by atoms with Gasteiger partial charge in [-0.25, -0.2) is 20.2 Å². The van der Waals surface area contributed by atoms with Gasteiger partial charge in [-0.05, 0) is 43.2 Å². The molecule has 0 amide bonds. The number of rotatable bonds is 12. The molecule has 2 saturated carbocycles. The van der Waals surface area contributed by atoms with Gasteiger partial charge in [0.15, 0.2) is 11.3 Å². The first-order chi connectivity index (χ1) is 29.0. The summed E-state index contributed by atoms with van der Waals surface area (Å²) in [5.41, 5.74) is 3.62. The number of nitrogens with two attached hydrogens (primary N) is 2. The van der Waals surface area contributed by atoms with Crippen molar-refractivity contribution in [3.05, 3.63) is 84.4 Å². The molecule has 8 rings (SSSR count). The molecule has 6 aromatic heterocycles. The maximum atomic E-state index is 11.0. The third-order valence-corrected chi connectivity index (χ3v) is 10.9. The molecule has 0 bridgehead atoms. The van der Waals surface area contributed by atoms with E-state index in [1.54, 1.807) is 47.4 Å². The Labute approximate surface area is 360 Å². The SMILES string of the molecule is C.CO.NS(=O)(=O)OC[C@H]1C[C@@H](Nc2cc(Cl)nc3cc(-c4ccccn4)nn23)[C@H](O)[C@@H]1O.NS(=O)(=O)OC[C@H]1C[C@@H](Nc2ccnc3cc(-c4ccccn4)nn23)[C@H](O)[C@@H]1O. The standard InChI is InChI=1S/C17H19ClN6O5S.C17H20N6O5S.CH4O.CH4/c18-13-7-15(21-12-5-9(16(25)17(12)26)8-29-30(19,27)28)24-14(22-13)6-11(23-24)10-3-1-2-4-20-10;18-29(26,27)28-9-10-7-13(17(25)16(10)24)21-14-4-6-20-15-8-12(22-23(14)15)11-3-1-2-5-19-11;1-2;/h1-4,6-7,9,12,16-17,21,25-26H,5,8H2,(H2,19,27,28);1-6,8,10,13,16-17,21,24-25H,7,9H2,(H2,18,26,27);2H,1H3;1H4/t9-,12-,16-,17+;10-,13-,16-,17+;;/m11../s1. The van der Waals surface area contributed by atoms with Crippen LogP contribution in [-0.4, -0.2) is 138 Å². The van der Waals surface area contributed by atoms with Crippen LogP contribution in [0.2, 0.25) is 5.15 Å². The molecule has 23 nitrogen and oxygen atoms in total. The van der Waals surface area contributed by atoms with Crippen LogP contribution in [0, 0.1) is 11.8 Å². The smallest absolute Gasteiger partial charge is 0.333 e. The van der Waals surface area contributed by atoms with Crippen LogP contribution in [0.5, 0.6) is 0 Å². The number of nitrogens with zero attached hydrogens (tertiary/aromatic N) is 8. The fourth-order valence-corrected chi connectivity index (χ4v) is 7.86.